The van der Waals surface area contributed by atoms with Gasteiger partial charge in [0.2, 0.25) is 0 Å². The van der Waals surface area contributed by atoms with Crippen LogP contribution in [0.5, 0.6) is 0 Å². The van der Waals surface area contributed by atoms with E-state index in [0.717, 1.165) is 16.0 Å². The summed E-state index contributed by atoms with van der Waals surface area (Å²) in [5.41, 5.74) is 2.01. The third-order valence-corrected chi connectivity index (χ3v) is 4.49. The van der Waals surface area contributed by atoms with E-state index < -0.39 is 11.7 Å². The van der Waals surface area contributed by atoms with Crippen molar-refractivity contribution in [2.24, 2.45) is 0 Å². The summed E-state index contributed by atoms with van der Waals surface area (Å²) in [6.45, 7) is 1.98. The lowest BCUT2D eigenvalue weighted by atomic mass is 10.1. The molecule has 3 aromatic rings. The zero-order chi connectivity index (χ0) is 16.4. The highest BCUT2D eigenvalue weighted by molar-refractivity contribution is 7.19. The molecule has 0 aliphatic rings. The molecule has 3 rings (SSSR count). The second kappa shape index (κ2) is 6.48. The molecule has 0 saturated heterocycles. The van der Waals surface area contributed by atoms with Crippen LogP contribution in [-0.2, 0) is 0 Å². The van der Waals surface area contributed by atoms with Gasteiger partial charge in [0, 0.05) is 11.2 Å². The molecule has 6 heteroatoms. The van der Waals surface area contributed by atoms with Crippen molar-refractivity contribution in [2.75, 3.05) is 5.32 Å². The Morgan fingerprint density at radius 2 is 2.04 bits per heavy atom. The van der Waals surface area contributed by atoms with Gasteiger partial charge in [-0.3, -0.25) is 10.1 Å². The van der Waals surface area contributed by atoms with Gasteiger partial charge < -0.3 is 0 Å². The summed E-state index contributed by atoms with van der Waals surface area (Å²) in [5, 5.41) is 3.66. The van der Waals surface area contributed by atoms with Gasteiger partial charge in [-0.15, -0.1) is 0 Å². The van der Waals surface area contributed by atoms with Crippen molar-refractivity contribution in [3.05, 3.63) is 70.6 Å². The highest BCUT2D eigenvalue weighted by Crippen LogP contribution is 2.33. The van der Waals surface area contributed by atoms with Crippen LogP contribution in [0.2, 0.25) is 5.02 Å². The molecule has 0 spiro atoms. The Kier molecular flexibility index (Phi) is 4.41. The van der Waals surface area contributed by atoms with E-state index >= 15 is 0 Å². The van der Waals surface area contributed by atoms with Gasteiger partial charge in [0.1, 0.15) is 5.82 Å². The molecule has 2 aromatic carbocycles. The molecule has 0 unspecified atom stereocenters. The fraction of sp³-hybridized carbons (Fsp3) is 0.0588. The first-order valence-electron chi connectivity index (χ1n) is 6.83. The fourth-order valence-electron chi connectivity index (χ4n) is 2.13. The van der Waals surface area contributed by atoms with Crippen LogP contribution in [0.25, 0.3) is 10.4 Å². The van der Waals surface area contributed by atoms with Crippen molar-refractivity contribution < 1.29 is 9.18 Å². The number of thiazole rings is 1. The number of amides is 1. The minimum absolute atomic E-state index is 0.0109. The number of hydrogen-bond acceptors (Lipinski definition) is 3. The van der Waals surface area contributed by atoms with Crippen molar-refractivity contribution in [2.45, 2.75) is 6.92 Å². The predicted molar refractivity (Wildman–Crippen MR) is 91.7 cm³/mol. The summed E-state index contributed by atoms with van der Waals surface area (Å²) >= 11 is 7.34. The predicted octanol–water partition coefficient (Wildman–Crippen LogP) is 5.16. The number of nitrogens with zero attached hydrogens (tertiary/aromatic N) is 1. The fourth-order valence-corrected chi connectivity index (χ4v) is 3.19. The Labute approximate surface area is 141 Å². The maximum Gasteiger partial charge on any atom is 0.260 e. The largest absolute Gasteiger partial charge is 0.298 e. The summed E-state index contributed by atoms with van der Waals surface area (Å²) in [6.07, 6.45) is 1.67. The lowest BCUT2D eigenvalue weighted by molar-refractivity contribution is 0.102. The summed E-state index contributed by atoms with van der Waals surface area (Å²) in [6, 6.07) is 11.4. The van der Waals surface area contributed by atoms with Crippen LogP contribution in [-0.4, -0.2) is 10.9 Å². The highest BCUT2D eigenvalue weighted by Gasteiger charge is 2.14. The molecule has 23 heavy (non-hydrogen) atoms. The zero-order valence-corrected chi connectivity index (χ0v) is 13.7. The lowest BCUT2D eigenvalue weighted by Crippen LogP contribution is -2.13. The Morgan fingerprint density at radius 3 is 2.83 bits per heavy atom. The molecule has 0 fully saturated rings. The van der Waals surface area contributed by atoms with Gasteiger partial charge >= 0.3 is 0 Å². The first kappa shape index (κ1) is 15.6. The van der Waals surface area contributed by atoms with E-state index in [-0.39, 0.29) is 5.56 Å². The van der Waals surface area contributed by atoms with Gasteiger partial charge in [-0.05, 0) is 42.3 Å². The normalized spacial score (nSPS) is 10.6. The molecule has 0 radical (unpaired) electrons. The third kappa shape index (κ3) is 3.41. The highest BCUT2D eigenvalue weighted by atomic mass is 35.5. The van der Waals surface area contributed by atoms with Gasteiger partial charge in [-0.1, -0.05) is 41.1 Å². The van der Waals surface area contributed by atoms with Crippen LogP contribution in [0.15, 0.2) is 48.7 Å². The number of halogens is 2. The van der Waals surface area contributed by atoms with Crippen molar-refractivity contribution in [3.63, 3.8) is 0 Å². The Morgan fingerprint density at radius 1 is 1.26 bits per heavy atom. The maximum absolute atomic E-state index is 13.6. The van der Waals surface area contributed by atoms with Crippen molar-refractivity contribution >= 4 is 34.0 Å². The number of hydrogen-bond donors (Lipinski definition) is 1. The van der Waals surface area contributed by atoms with E-state index in [1.54, 1.807) is 12.3 Å². The summed E-state index contributed by atoms with van der Waals surface area (Å²) in [5.74, 6) is -1.08. The number of rotatable bonds is 3. The second-order valence-electron chi connectivity index (χ2n) is 4.92. The maximum atomic E-state index is 13.6. The van der Waals surface area contributed by atoms with Gasteiger partial charge in [0.05, 0.1) is 10.4 Å². The van der Waals surface area contributed by atoms with E-state index in [1.807, 2.05) is 25.1 Å². The number of benzene rings is 2. The Balaban J connectivity index is 1.84. The van der Waals surface area contributed by atoms with E-state index in [9.17, 15) is 9.18 Å². The molecule has 1 aromatic heterocycles. The molecule has 1 heterocycles. The Bertz CT molecular complexity index is 879. The van der Waals surface area contributed by atoms with Gasteiger partial charge in [-0.25, -0.2) is 9.37 Å². The minimum Gasteiger partial charge on any atom is -0.298 e. The number of anilines is 1. The summed E-state index contributed by atoms with van der Waals surface area (Å²) < 4.78 is 13.6. The van der Waals surface area contributed by atoms with Crippen LogP contribution in [0.3, 0.4) is 0 Å². The van der Waals surface area contributed by atoms with Crippen LogP contribution in [0.1, 0.15) is 15.9 Å². The van der Waals surface area contributed by atoms with Crippen molar-refractivity contribution in [1.29, 1.82) is 0 Å². The number of aryl methyl sites for hydroxylation is 1. The van der Waals surface area contributed by atoms with Gasteiger partial charge in [0.25, 0.3) is 5.91 Å². The van der Waals surface area contributed by atoms with Crippen LogP contribution < -0.4 is 5.32 Å². The average Bonchev–Trinajstić information content (AvgIpc) is 2.98. The lowest BCUT2D eigenvalue weighted by Gasteiger charge is -2.03. The molecule has 0 aliphatic carbocycles. The second-order valence-corrected chi connectivity index (χ2v) is 6.39. The first-order chi connectivity index (χ1) is 11.0. The molecular weight excluding hydrogens is 335 g/mol. The molecule has 1 N–H and O–H groups in total. The molecule has 0 saturated carbocycles. The number of carbonyl (C=O) groups excluding carboxylic acids is 1. The van der Waals surface area contributed by atoms with E-state index in [1.165, 1.54) is 29.5 Å². The first-order valence-corrected chi connectivity index (χ1v) is 8.02. The molecule has 116 valence electrons. The van der Waals surface area contributed by atoms with Crippen molar-refractivity contribution in [3.8, 4) is 10.4 Å². The third-order valence-electron chi connectivity index (χ3n) is 3.31. The van der Waals surface area contributed by atoms with Crippen LogP contribution in [0, 0.1) is 12.7 Å². The summed E-state index contributed by atoms with van der Waals surface area (Å²) in [4.78, 5) is 17.2. The topological polar surface area (TPSA) is 42.0 Å². The molecule has 0 bridgehead atoms. The molecule has 3 nitrogen and oxygen atoms in total. The number of carbonyl (C=O) groups is 1. The molecule has 0 atom stereocenters. The van der Waals surface area contributed by atoms with Gasteiger partial charge in [-0.2, -0.15) is 0 Å². The minimum atomic E-state index is -0.563. The average molecular weight is 347 g/mol. The molecule has 1 amide bonds. The number of nitrogens with one attached hydrogen (secondary N) is 1. The van der Waals surface area contributed by atoms with E-state index in [0.29, 0.717) is 10.2 Å². The Hall–Kier alpha value is -2.24. The molecule has 0 aliphatic heterocycles. The quantitative estimate of drug-likeness (QED) is 0.711. The monoisotopic (exact) mass is 346 g/mol. The van der Waals surface area contributed by atoms with E-state index in [2.05, 4.69) is 10.3 Å². The van der Waals surface area contributed by atoms with Crippen molar-refractivity contribution in [1.82, 2.24) is 4.98 Å². The smallest absolute Gasteiger partial charge is 0.260 e. The number of aromatic nitrogens is 1. The van der Waals surface area contributed by atoms with Gasteiger partial charge in [0.15, 0.2) is 5.13 Å². The van der Waals surface area contributed by atoms with Crippen LogP contribution >= 0.6 is 22.9 Å². The zero-order valence-electron chi connectivity index (χ0n) is 12.1. The standard InChI is InChI=1S/C17H12ClFN2OS/c1-10-6-7-11(18)8-13(10)15-9-20-17(23-15)21-16(22)12-4-2-3-5-14(12)19/h2-9H,1H3,(H,20,21,22). The SMILES string of the molecule is Cc1ccc(Cl)cc1-c1cnc(NC(=O)c2ccccc2F)s1. The van der Waals surface area contributed by atoms with E-state index in [4.69, 9.17) is 11.6 Å². The summed E-state index contributed by atoms with van der Waals surface area (Å²) in [7, 11) is 0. The molecular formula is C17H12ClFN2OS. The van der Waals surface area contributed by atoms with Crippen LogP contribution in [0.4, 0.5) is 9.52 Å².